The third-order valence-corrected chi connectivity index (χ3v) is 3.35. The van der Waals surface area contributed by atoms with Gasteiger partial charge in [-0.3, -0.25) is 5.32 Å². The van der Waals surface area contributed by atoms with Crippen LogP contribution in [-0.4, -0.2) is 70.2 Å². The average Bonchev–Trinajstić information content (AvgIpc) is 2.24. The number of aliphatic hydroxyl groups is 4. The summed E-state index contributed by atoms with van der Waals surface area (Å²) < 4.78 is 31.4. The zero-order chi connectivity index (χ0) is 15.3. The van der Waals surface area contributed by atoms with E-state index < -0.39 is 47.0 Å². The highest BCUT2D eigenvalue weighted by atomic mass is 32.2. The van der Waals surface area contributed by atoms with Gasteiger partial charge in [-0.1, -0.05) is 13.8 Å². The molecule has 2 atom stereocenters. The summed E-state index contributed by atoms with van der Waals surface area (Å²) in [4.78, 5) is 0. The fraction of sp³-hybridized carbons (Fsp3) is 1.00. The van der Waals surface area contributed by atoms with Crippen molar-refractivity contribution >= 4 is 10.1 Å². The first-order valence-corrected chi connectivity index (χ1v) is 7.42. The van der Waals surface area contributed by atoms with Crippen molar-refractivity contribution in [3.8, 4) is 0 Å². The van der Waals surface area contributed by atoms with E-state index in [-0.39, 0.29) is 12.3 Å². The van der Waals surface area contributed by atoms with Gasteiger partial charge in [-0.2, -0.15) is 0 Å². The van der Waals surface area contributed by atoms with Crippen LogP contribution in [0.1, 0.15) is 20.3 Å². The lowest BCUT2D eigenvalue weighted by atomic mass is 9.90. The molecule has 0 saturated heterocycles. The number of aliphatic hydroxyl groups excluding tert-OH is 4. The van der Waals surface area contributed by atoms with Crippen molar-refractivity contribution in [3.63, 3.8) is 0 Å². The van der Waals surface area contributed by atoms with Crippen molar-refractivity contribution in [1.29, 1.82) is 0 Å². The van der Waals surface area contributed by atoms with Crippen LogP contribution in [0.5, 0.6) is 0 Å². The Balaban J connectivity index is 4.75. The van der Waals surface area contributed by atoms with Gasteiger partial charge in [-0.05, 0) is 12.3 Å². The molecule has 19 heavy (non-hydrogen) atoms. The van der Waals surface area contributed by atoms with Crippen molar-refractivity contribution in [2.45, 2.75) is 38.1 Å². The molecule has 8 nitrogen and oxygen atoms in total. The SMILES string of the molecule is CC(C)CC(CO)(CO)NC(O)C(O)CS(=O)(=O)[O-]. The van der Waals surface area contributed by atoms with E-state index in [1.54, 1.807) is 0 Å². The topological polar surface area (TPSA) is 150 Å². The smallest absolute Gasteiger partial charge is 0.132 e. The summed E-state index contributed by atoms with van der Waals surface area (Å²) in [7, 11) is -4.69. The minimum atomic E-state index is -4.69. The number of hydrogen-bond acceptors (Lipinski definition) is 8. The molecule has 9 heteroatoms. The second-order valence-electron chi connectivity index (χ2n) is 5.08. The van der Waals surface area contributed by atoms with E-state index >= 15 is 0 Å². The molecule has 0 heterocycles. The van der Waals surface area contributed by atoms with Crippen molar-refractivity contribution in [1.82, 2.24) is 5.32 Å². The molecule has 116 valence electrons. The van der Waals surface area contributed by atoms with Gasteiger partial charge in [0.25, 0.3) is 0 Å². The maximum Gasteiger partial charge on any atom is 0.132 e. The number of hydrogen-bond donors (Lipinski definition) is 5. The van der Waals surface area contributed by atoms with Crippen LogP contribution in [0.25, 0.3) is 0 Å². The Kier molecular flexibility index (Phi) is 7.37. The highest BCUT2D eigenvalue weighted by Gasteiger charge is 2.34. The van der Waals surface area contributed by atoms with Crippen LogP contribution in [0, 0.1) is 5.92 Å². The van der Waals surface area contributed by atoms with Gasteiger partial charge in [0.1, 0.15) is 12.3 Å². The summed E-state index contributed by atoms with van der Waals surface area (Å²) in [5.74, 6) is -1.09. The van der Waals surface area contributed by atoms with E-state index in [9.17, 15) is 33.4 Å². The summed E-state index contributed by atoms with van der Waals surface area (Å²) >= 11 is 0. The average molecular weight is 300 g/mol. The molecule has 0 aliphatic rings. The molecule has 0 aliphatic heterocycles. The quantitative estimate of drug-likeness (QED) is 0.233. The second kappa shape index (κ2) is 7.48. The first-order chi connectivity index (χ1) is 8.55. The van der Waals surface area contributed by atoms with Crippen LogP contribution in [0.4, 0.5) is 0 Å². The van der Waals surface area contributed by atoms with Gasteiger partial charge in [0.05, 0.1) is 34.6 Å². The third kappa shape index (κ3) is 7.16. The summed E-state index contributed by atoms with van der Waals surface area (Å²) in [5.41, 5.74) is -1.26. The zero-order valence-corrected chi connectivity index (χ0v) is 11.8. The monoisotopic (exact) mass is 300 g/mol. The molecule has 0 spiro atoms. The predicted molar refractivity (Wildman–Crippen MR) is 66.1 cm³/mol. The van der Waals surface area contributed by atoms with Crippen molar-refractivity contribution in [2.24, 2.45) is 5.92 Å². The van der Waals surface area contributed by atoms with E-state index in [4.69, 9.17) is 0 Å². The molecule has 5 N–H and O–H groups in total. The highest BCUT2D eigenvalue weighted by Crippen LogP contribution is 2.17. The van der Waals surface area contributed by atoms with Crippen LogP contribution in [-0.2, 0) is 10.1 Å². The minimum absolute atomic E-state index is 0.0689. The Labute approximate surface area is 112 Å². The van der Waals surface area contributed by atoms with Gasteiger partial charge >= 0.3 is 0 Å². The van der Waals surface area contributed by atoms with Crippen molar-refractivity contribution in [3.05, 3.63) is 0 Å². The van der Waals surface area contributed by atoms with E-state index in [1.165, 1.54) is 0 Å². The van der Waals surface area contributed by atoms with Gasteiger partial charge in [0.2, 0.25) is 0 Å². The van der Waals surface area contributed by atoms with Gasteiger partial charge in [0, 0.05) is 0 Å². The predicted octanol–water partition coefficient (Wildman–Crippen LogP) is -2.43. The Bertz CT molecular complexity index is 353. The van der Waals surface area contributed by atoms with E-state index in [1.807, 2.05) is 13.8 Å². The Morgan fingerprint density at radius 2 is 1.68 bits per heavy atom. The van der Waals surface area contributed by atoms with Crippen LogP contribution >= 0.6 is 0 Å². The molecule has 0 fully saturated rings. The maximum absolute atomic E-state index is 10.5. The normalized spacial score (nSPS) is 16.6. The second-order valence-corrected chi connectivity index (χ2v) is 6.52. The summed E-state index contributed by atoms with van der Waals surface area (Å²) in [6, 6.07) is 0. The third-order valence-electron chi connectivity index (χ3n) is 2.60. The van der Waals surface area contributed by atoms with Gasteiger partial charge in [-0.25, -0.2) is 8.42 Å². The lowest BCUT2D eigenvalue weighted by Gasteiger charge is -2.36. The molecule has 0 aromatic carbocycles. The van der Waals surface area contributed by atoms with Crippen molar-refractivity contribution < 1.29 is 33.4 Å². The van der Waals surface area contributed by atoms with E-state index in [0.717, 1.165) is 0 Å². The summed E-state index contributed by atoms with van der Waals surface area (Å²) in [6.07, 6.45) is -3.30. The lowest BCUT2D eigenvalue weighted by molar-refractivity contribution is -0.0396. The fourth-order valence-corrected chi connectivity index (χ4v) is 2.42. The van der Waals surface area contributed by atoms with Gasteiger partial charge in [0.15, 0.2) is 0 Å². The first kappa shape index (κ1) is 18.7. The van der Waals surface area contributed by atoms with E-state index in [0.29, 0.717) is 0 Å². The van der Waals surface area contributed by atoms with Crippen LogP contribution in [0.15, 0.2) is 0 Å². The largest absolute Gasteiger partial charge is 0.748 e. The standard InChI is InChI=1S/C10H23NO7S/c1-7(2)3-10(5-12,6-13)11-9(15)8(14)4-19(16,17)18/h7-9,11-15H,3-6H2,1-2H3,(H,16,17,18)/p-1. The molecule has 0 radical (unpaired) electrons. The van der Waals surface area contributed by atoms with Crippen molar-refractivity contribution in [2.75, 3.05) is 19.0 Å². The molecule has 2 unspecified atom stereocenters. The number of rotatable bonds is 9. The molecule has 0 bridgehead atoms. The first-order valence-electron chi connectivity index (χ1n) is 5.84. The minimum Gasteiger partial charge on any atom is -0.748 e. The Morgan fingerprint density at radius 3 is 2.00 bits per heavy atom. The van der Waals surface area contributed by atoms with Crippen LogP contribution < -0.4 is 5.32 Å². The molecule has 0 saturated carbocycles. The van der Waals surface area contributed by atoms with Gasteiger partial charge in [-0.15, -0.1) is 0 Å². The summed E-state index contributed by atoms with van der Waals surface area (Å²) in [6.45, 7) is 2.62. The van der Waals surface area contributed by atoms with Crippen LogP contribution in [0.2, 0.25) is 0 Å². The van der Waals surface area contributed by atoms with Gasteiger partial charge < -0.3 is 25.0 Å². The molecular weight excluding hydrogens is 278 g/mol. The Morgan fingerprint density at radius 1 is 1.21 bits per heavy atom. The number of nitrogens with one attached hydrogen (secondary N) is 1. The molecule has 0 aromatic heterocycles. The zero-order valence-electron chi connectivity index (χ0n) is 11.0. The molecule has 0 rings (SSSR count). The summed E-state index contributed by atoms with van der Waals surface area (Å²) in [5, 5.41) is 40.0. The lowest BCUT2D eigenvalue weighted by Crippen LogP contribution is -2.60. The highest BCUT2D eigenvalue weighted by molar-refractivity contribution is 7.85. The Hall–Kier alpha value is -0.290. The molecule has 0 amide bonds. The fourth-order valence-electron chi connectivity index (χ4n) is 1.82. The maximum atomic E-state index is 10.5. The molecular formula is C10H22NO7S-. The van der Waals surface area contributed by atoms with Crippen LogP contribution in [0.3, 0.4) is 0 Å². The molecule has 0 aromatic rings. The molecule has 0 aliphatic carbocycles. The van der Waals surface area contributed by atoms with E-state index in [2.05, 4.69) is 5.32 Å².